The summed E-state index contributed by atoms with van der Waals surface area (Å²) in [7, 11) is 0. The molecule has 3 amide bonds. The molecule has 2 aliphatic heterocycles. The average Bonchev–Trinajstić information content (AvgIpc) is 2.71. The van der Waals surface area contributed by atoms with Crippen LogP contribution in [0.3, 0.4) is 0 Å². The van der Waals surface area contributed by atoms with Crippen molar-refractivity contribution in [3.05, 3.63) is 0 Å². The fourth-order valence-electron chi connectivity index (χ4n) is 2.49. The quantitative estimate of drug-likeness (QED) is 0.684. The molecule has 0 bridgehead atoms. The lowest BCUT2D eigenvalue weighted by Crippen LogP contribution is -2.56. The number of nitrogens with one attached hydrogen (secondary N) is 1. The molecule has 0 saturated carbocycles. The van der Waals surface area contributed by atoms with Gasteiger partial charge in [-0.3, -0.25) is 14.4 Å². The van der Waals surface area contributed by atoms with Crippen molar-refractivity contribution in [2.24, 2.45) is 0 Å². The maximum absolute atomic E-state index is 12.2. The fraction of sp³-hybridized carbons (Fsp3) is 0.769. The van der Waals surface area contributed by atoms with Crippen molar-refractivity contribution in [3.63, 3.8) is 0 Å². The highest BCUT2D eigenvalue weighted by Crippen LogP contribution is 2.06. The average molecular weight is 282 g/mol. The highest BCUT2D eigenvalue weighted by molar-refractivity contribution is 5.95. The molecule has 0 radical (unpaired) electrons. The van der Waals surface area contributed by atoms with E-state index in [0.29, 0.717) is 19.6 Å². The second-order valence-corrected chi connectivity index (χ2v) is 5.14. The highest BCUT2D eigenvalue weighted by Gasteiger charge is 2.31. The third kappa shape index (κ3) is 3.47. The van der Waals surface area contributed by atoms with Gasteiger partial charge in [0.25, 0.3) is 0 Å². The molecule has 0 unspecified atom stereocenters. The molecule has 2 heterocycles. The molecular weight excluding hydrogens is 260 g/mol. The minimum atomic E-state index is -0.146. The molecule has 0 aliphatic carbocycles. The predicted molar refractivity (Wildman–Crippen MR) is 72.9 cm³/mol. The van der Waals surface area contributed by atoms with E-state index in [2.05, 4.69) is 5.32 Å². The van der Waals surface area contributed by atoms with E-state index in [9.17, 15) is 14.4 Å². The van der Waals surface area contributed by atoms with Gasteiger partial charge >= 0.3 is 0 Å². The summed E-state index contributed by atoms with van der Waals surface area (Å²) in [5.74, 6) is -0.301. The van der Waals surface area contributed by atoms with Gasteiger partial charge in [0, 0.05) is 26.2 Å². The van der Waals surface area contributed by atoms with Crippen LogP contribution in [0.2, 0.25) is 0 Å². The first-order valence-electron chi connectivity index (χ1n) is 7.16. The van der Waals surface area contributed by atoms with E-state index in [1.807, 2.05) is 6.92 Å². The summed E-state index contributed by atoms with van der Waals surface area (Å²) >= 11 is 0. The maximum atomic E-state index is 12.2. The van der Waals surface area contributed by atoms with Crippen molar-refractivity contribution < 1.29 is 14.4 Å². The molecule has 0 aromatic carbocycles. The number of carbonyl (C=O) groups is 3. The van der Waals surface area contributed by atoms with Crippen molar-refractivity contribution in [2.45, 2.75) is 13.3 Å². The SMILES string of the molecule is CCN1CC(=O)N(CC(=O)N2CCCNCC2)CC1=O. The standard InChI is InChI=1S/C13H22N4O3/c1-2-15-8-13(20)17(9-11(15)18)10-12(19)16-6-3-4-14-5-7-16/h14H,2-10H2,1H3. The van der Waals surface area contributed by atoms with E-state index < -0.39 is 0 Å². The lowest BCUT2D eigenvalue weighted by molar-refractivity contribution is -0.152. The highest BCUT2D eigenvalue weighted by atomic mass is 16.2. The largest absolute Gasteiger partial charge is 0.340 e. The van der Waals surface area contributed by atoms with Crippen LogP contribution < -0.4 is 5.32 Å². The number of amides is 3. The molecule has 2 rings (SSSR count). The lowest BCUT2D eigenvalue weighted by Gasteiger charge is -2.34. The maximum Gasteiger partial charge on any atom is 0.243 e. The minimum Gasteiger partial charge on any atom is -0.340 e. The summed E-state index contributed by atoms with van der Waals surface area (Å²) in [4.78, 5) is 40.6. The summed E-state index contributed by atoms with van der Waals surface area (Å²) in [6.45, 7) is 5.56. The zero-order valence-electron chi connectivity index (χ0n) is 11.9. The van der Waals surface area contributed by atoms with E-state index in [-0.39, 0.29) is 37.4 Å². The molecule has 0 aromatic rings. The molecule has 1 N–H and O–H groups in total. The normalized spacial score (nSPS) is 21.1. The smallest absolute Gasteiger partial charge is 0.243 e. The molecule has 112 valence electrons. The third-order valence-corrected chi connectivity index (χ3v) is 3.76. The number of hydrogen-bond donors (Lipinski definition) is 1. The number of hydrogen-bond acceptors (Lipinski definition) is 4. The molecule has 0 atom stereocenters. The van der Waals surface area contributed by atoms with Crippen molar-refractivity contribution in [3.8, 4) is 0 Å². The molecule has 0 aromatic heterocycles. The van der Waals surface area contributed by atoms with Crippen LogP contribution in [-0.2, 0) is 14.4 Å². The van der Waals surface area contributed by atoms with Crippen molar-refractivity contribution in [1.29, 1.82) is 0 Å². The molecule has 0 spiro atoms. The zero-order chi connectivity index (χ0) is 14.5. The topological polar surface area (TPSA) is 73.0 Å². The van der Waals surface area contributed by atoms with Crippen LogP contribution in [-0.4, -0.2) is 84.8 Å². The molecule has 7 nitrogen and oxygen atoms in total. The first-order chi connectivity index (χ1) is 9.61. The van der Waals surface area contributed by atoms with Gasteiger partial charge in [-0.05, 0) is 19.9 Å². The number of nitrogens with zero attached hydrogens (tertiary/aromatic N) is 3. The minimum absolute atomic E-state index is 0.0160. The van der Waals surface area contributed by atoms with E-state index in [4.69, 9.17) is 0 Å². The van der Waals surface area contributed by atoms with Crippen LogP contribution in [0.1, 0.15) is 13.3 Å². The van der Waals surface area contributed by atoms with Gasteiger partial charge in [0.15, 0.2) is 0 Å². The fourth-order valence-corrected chi connectivity index (χ4v) is 2.49. The summed E-state index contributed by atoms with van der Waals surface area (Å²) in [5, 5.41) is 3.23. The number of rotatable bonds is 3. The number of carbonyl (C=O) groups excluding carboxylic acids is 3. The van der Waals surface area contributed by atoms with E-state index in [0.717, 1.165) is 19.5 Å². The van der Waals surface area contributed by atoms with Gasteiger partial charge in [0.1, 0.15) is 13.1 Å². The Kier molecular flexibility index (Phi) is 4.94. The first kappa shape index (κ1) is 14.8. The first-order valence-corrected chi connectivity index (χ1v) is 7.16. The lowest BCUT2D eigenvalue weighted by atomic mass is 10.2. The van der Waals surface area contributed by atoms with Crippen LogP contribution in [0.4, 0.5) is 0 Å². The summed E-state index contributed by atoms with van der Waals surface area (Å²) in [6.07, 6.45) is 0.919. The van der Waals surface area contributed by atoms with Crippen molar-refractivity contribution in [2.75, 3.05) is 52.4 Å². The van der Waals surface area contributed by atoms with Gasteiger partial charge < -0.3 is 20.0 Å². The summed E-state index contributed by atoms with van der Waals surface area (Å²) in [6, 6.07) is 0. The van der Waals surface area contributed by atoms with Crippen LogP contribution in [0.15, 0.2) is 0 Å². The van der Waals surface area contributed by atoms with Crippen LogP contribution in [0.5, 0.6) is 0 Å². The van der Waals surface area contributed by atoms with Gasteiger partial charge in [-0.15, -0.1) is 0 Å². The van der Waals surface area contributed by atoms with E-state index in [1.165, 1.54) is 9.80 Å². The molecule has 7 heteroatoms. The molecule has 2 fully saturated rings. The van der Waals surface area contributed by atoms with Crippen LogP contribution in [0.25, 0.3) is 0 Å². The van der Waals surface area contributed by atoms with Crippen LogP contribution in [0, 0.1) is 0 Å². The molecule has 2 aliphatic rings. The monoisotopic (exact) mass is 282 g/mol. The van der Waals surface area contributed by atoms with Gasteiger partial charge in [0.05, 0.1) is 6.54 Å². The van der Waals surface area contributed by atoms with E-state index in [1.54, 1.807) is 4.90 Å². The molecular formula is C13H22N4O3. The summed E-state index contributed by atoms with van der Waals surface area (Å²) < 4.78 is 0. The second kappa shape index (κ2) is 6.69. The van der Waals surface area contributed by atoms with E-state index >= 15 is 0 Å². The Balaban J connectivity index is 1.90. The molecule has 2 saturated heterocycles. The van der Waals surface area contributed by atoms with Gasteiger partial charge in [-0.25, -0.2) is 0 Å². The Morgan fingerprint density at radius 1 is 1.10 bits per heavy atom. The Labute approximate surface area is 118 Å². The number of likely N-dealkylation sites (N-methyl/N-ethyl adjacent to an activating group) is 1. The van der Waals surface area contributed by atoms with Crippen LogP contribution >= 0.6 is 0 Å². The Morgan fingerprint density at radius 3 is 2.55 bits per heavy atom. The Bertz CT molecular complexity index is 391. The molecule has 20 heavy (non-hydrogen) atoms. The zero-order valence-corrected chi connectivity index (χ0v) is 11.9. The third-order valence-electron chi connectivity index (χ3n) is 3.76. The van der Waals surface area contributed by atoms with Gasteiger partial charge in [0.2, 0.25) is 17.7 Å². The van der Waals surface area contributed by atoms with Crippen molar-refractivity contribution >= 4 is 17.7 Å². The Hall–Kier alpha value is -1.63. The van der Waals surface area contributed by atoms with Crippen molar-refractivity contribution in [1.82, 2.24) is 20.0 Å². The Morgan fingerprint density at radius 2 is 1.80 bits per heavy atom. The predicted octanol–water partition coefficient (Wildman–Crippen LogP) is -1.50. The second-order valence-electron chi connectivity index (χ2n) is 5.14. The number of piperazine rings is 1. The summed E-state index contributed by atoms with van der Waals surface area (Å²) in [5.41, 5.74) is 0. The van der Waals surface area contributed by atoms with Gasteiger partial charge in [-0.2, -0.15) is 0 Å². The van der Waals surface area contributed by atoms with Gasteiger partial charge in [-0.1, -0.05) is 0 Å².